The molecule has 0 fully saturated rings. The molecule has 0 aliphatic carbocycles. The predicted octanol–water partition coefficient (Wildman–Crippen LogP) is 1.13. The summed E-state index contributed by atoms with van der Waals surface area (Å²) in [5.74, 6) is 7.42. The van der Waals surface area contributed by atoms with Crippen molar-refractivity contribution in [2.45, 2.75) is 46.6 Å². The van der Waals surface area contributed by atoms with Crippen molar-refractivity contribution in [1.82, 2.24) is 15.3 Å². The number of nitrogen functional groups attached to an aromatic ring is 1. The van der Waals surface area contributed by atoms with Gasteiger partial charge in [-0.1, -0.05) is 13.8 Å². The van der Waals surface area contributed by atoms with Crippen molar-refractivity contribution in [2.24, 2.45) is 5.84 Å². The molecule has 1 aromatic rings. The highest BCUT2D eigenvalue weighted by Gasteiger charge is 2.13. The summed E-state index contributed by atoms with van der Waals surface area (Å²) in [6.07, 6.45) is 0. The van der Waals surface area contributed by atoms with Gasteiger partial charge in [-0.05, 0) is 20.8 Å². The molecule has 1 aromatic heterocycles. The molecule has 1 rings (SSSR count). The van der Waals surface area contributed by atoms with Gasteiger partial charge in [0.1, 0.15) is 17.5 Å². The quantitative estimate of drug-likeness (QED) is 0.460. The Hall–Kier alpha value is -1.89. The zero-order chi connectivity index (χ0) is 15.3. The van der Waals surface area contributed by atoms with Crippen LogP contribution in [0.15, 0.2) is 0 Å². The average molecular weight is 280 g/mol. The van der Waals surface area contributed by atoms with Gasteiger partial charge >= 0.3 is 0 Å². The van der Waals surface area contributed by atoms with Gasteiger partial charge in [-0.15, -0.1) is 0 Å². The molecule has 0 spiro atoms. The molecule has 0 radical (unpaired) electrons. The predicted molar refractivity (Wildman–Crippen MR) is 80.4 cm³/mol. The SMILES string of the molecule is Cc1c(NN)nc(C(C)C)nc1NCC(=O)NC(C)C. The molecule has 0 aliphatic heterocycles. The molecule has 0 atom stereocenters. The smallest absolute Gasteiger partial charge is 0.239 e. The van der Waals surface area contributed by atoms with Crippen LogP contribution in [0.25, 0.3) is 0 Å². The Morgan fingerprint density at radius 2 is 1.80 bits per heavy atom. The molecule has 0 saturated carbocycles. The van der Waals surface area contributed by atoms with E-state index in [1.54, 1.807) is 0 Å². The van der Waals surface area contributed by atoms with Gasteiger partial charge < -0.3 is 16.1 Å². The van der Waals surface area contributed by atoms with Crippen molar-refractivity contribution in [3.05, 3.63) is 11.4 Å². The first-order chi connectivity index (χ1) is 9.35. The minimum atomic E-state index is -0.0774. The van der Waals surface area contributed by atoms with Crippen molar-refractivity contribution in [2.75, 3.05) is 17.3 Å². The summed E-state index contributed by atoms with van der Waals surface area (Å²) >= 11 is 0. The Labute approximate surface area is 119 Å². The molecule has 20 heavy (non-hydrogen) atoms. The number of hydrogen-bond acceptors (Lipinski definition) is 6. The second-order valence-corrected chi connectivity index (χ2v) is 5.28. The highest BCUT2D eigenvalue weighted by atomic mass is 16.1. The average Bonchev–Trinajstić information content (AvgIpc) is 2.36. The molecule has 0 aliphatic rings. The van der Waals surface area contributed by atoms with Crippen LogP contribution < -0.4 is 21.9 Å². The molecule has 0 unspecified atom stereocenters. The Morgan fingerprint density at radius 1 is 1.20 bits per heavy atom. The summed E-state index contributed by atoms with van der Waals surface area (Å²) in [6, 6.07) is 0.114. The van der Waals surface area contributed by atoms with Crippen LogP contribution in [-0.4, -0.2) is 28.5 Å². The molecule has 1 heterocycles. The lowest BCUT2D eigenvalue weighted by atomic mass is 10.2. The minimum absolute atomic E-state index is 0.0774. The normalized spacial score (nSPS) is 10.8. The zero-order valence-electron chi connectivity index (χ0n) is 12.7. The molecule has 0 saturated heterocycles. The molecule has 1 amide bonds. The lowest BCUT2D eigenvalue weighted by molar-refractivity contribution is -0.119. The Bertz CT molecular complexity index is 472. The largest absolute Gasteiger partial charge is 0.361 e. The maximum absolute atomic E-state index is 11.7. The molecule has 112 valence electrons. The van der Waals surface area contributed by atoms with Gasteiger partial charge in [-0.3, -0.25) is 4.79 Å². The van der Waals surface area contributed by atoms with E-state index in [0.717, 1.165) is 5.56 Å². The fourth-order valence-electron chi connectivity index (χ4n) is 1.64. The topological polar surface area (TPSA) is 105 Å². The van der Waals surface area contributed by atoms with E-state index in [9.17, 15) is 4.79 Å². The number of amides is 1. The summed E-state index contributed by atoms with van der Waals surface area (Å²) < 4.78 is 0. The van der Waals surface area contributed by atoms with E-state index >= 15 is 0 Å². The van der Waals surface area contributed by atoms with Gasteiger partial charge in [0.05, 0.1) is 6.54 Å². The van der Waals surface area contributed by atoms with E-state index in [2.05, 4.69) is 26.0 Å². The molecule has 0 aromatic carbocycles. The van der Waals surface area contributed by atoms with Crippen LogP contribution in [0, 0.1) is 6.92 Å². The standard InChI is InChI=1S/C13H24N6O/c1-7(2)11-17-12(9(5)13(18-11)19-14)15-6-10(20)16-8(3)4/h7-8H,6,14H2,1-5H3,(H,16,20)(H2,15,17,18,19). The summed E-state index contributed by atoms with van der Waals surface area (Å²) in [6.45, 7) is 9.85. The van der Waals surface area contributed by atoms with Gasteiger partial charge in [0.2, 0.25) is 5.91 Å². The third-order valence-corrected chi connectivity index (χ3v) is 2.68. The van der Waals surface area contributed by atoms with Crippen LogP contribution in [0.5, 0.6) is 0 Å². The number of hydrazine groups is 1. The van der Waals surface area contributed by atoms with Crippen molar-refractivity contribution < 1.29 is 4.79 Å². The van der Waals surface area contributed by atoms with Gasteiger partial charge in [0, 0.05) is 17.5 Å². The minimum Gasteiger partial charge on any atom is -0.361 e. The van der Waals surface area contributed by atoms with Gasteiger partial charge in [-0.25, -0.2) is 15.8 Å². The molecule has 5 N–H and O–H groups in total. The second-order valence-electron chi connectivity index (χ2n) is 5.28. The van der Waals surface area contributed by atoms with Crippen molar-refractivity contribution in [3.8, 4) is 0 Å². The first-order valence-electron chi connectivity index (χ1n) is 6.73. The summed E-state index contributed by atoms with van der Waals surface area (Å²) in [5, 5.41) is 5.84. The lowest BCUT2D eigenvalue weighted by Crippen LogP contribution is -2.35. The fourth-order valence-corrected chi connectivity index (χ4v) is 1.64. The molecule has 7 heteroatoms. The molecular weight excluding hydrogens is 256 g/mol. The number of anilines is 2. The van der Waals surface area contributed by atoms with Crippen LogP contribution in [0.2, 0.25) is 0 Å². The van der Waals surface area contributed by atoms with E-state index in [-0.39, 0.29) is 24.4 Å². The molecule has 0 bridgehead atoms. The van der Waals surface area contributed by atoms with Gasteiger partial charge in [0.15, 0.2) is 0 Å². The number of carbonyl (C=O) groups excluding carboxylic acids is 1. The first-order valence-corrected chi connectivity index (χ1v) is 6.73. The third kappa shape index (κ3) is 4.34. The van der Waals surface area contributed by atoms with E-state index in [1.807, 2.05) is 34.6 Å². The van der Waals surface area contributed by atoms with Crippen molar-refractivity contribution in [3.63, 3.8) is 0 Å². The summed E-state index contributed by atoms with van der Waals surface area (Å²) in [5.41, 5.74) is 3.35. The summed E-state index contributed by atoms with van der Waals surface area (Å²) in [7, 11) is 0. The van der Waals surface area contributed by atoms with Crippen LogP contribution in [-0.2, 0) is 4.79 Å². The number of aromatic nitrogens is 2. The van der Waals surface area contributed by atoms with Gasteiger partial charge in [0.25, 0.3) is 0 Å². The van der Waals surface area contributed by atoms with Crippen molar-refractivity contribution >= 4 is 17.5 Å². The third-order valence-electron chi connectivity index (χ3n) is 2.68. The number of nitrogens with two attached hydrogens (primary N) is 1. The Kier molecular flexibility index (Phi) is 5.69. The molecule has 7 nitrogen and oxygen atoms in total. The number of nitrogens with zero attached hydrogens (tertiary/aromatic N) is 2. The highest BCUT2D eigenvalue weighted by Crippen LogP contribution is 2.22. The summed E-state index contributed by atoms with van der Waals surface area (Å²) in [4.78, 5) is 20.4. The van der Waals surface area contributed by atoms with E-state index in [0.29, 0.717) is 17.5 Å². The highest BCUT2D eigenvalue weighted by molar-refractivity contribution is 5.81. The first kappa shape index (κ1) is 16.2. The van der Waals surface area contributed by atoms with Crippen LogP contribution >= 0.6 is 0 Å². The fraction of sp³-hybridized carbons (Fsp3) is 0.615. The monoisotopic (exact) mass is 280 g/mol. The lowest BCUT2D eigenvalue weighted by Gasteiger charge is -2.15. The van der Waals surface area contributed by atoms with Gasteiger partial charge in [-0.2, -0.15) is 0 Å². The Balaban J connectivity index is 2.88. The number of rotatable bonds is 6. The maximum atomic E-state index is 11.7. The number of nitrogens with one attached hydrogen (secondary N) is 3. The van der Waals surface area contributed by atoms with Crippen LogP contribution in [0.4, 0.5) is 11.6 Å². The van der Waals surface area contributed by atoms with Crippen LogP contribution in [0.3, 0.4) is 0 Å². The molecular formula is C13H24N6O. The number of carbonyl (C=O) groups is 1. The second kappa shape index (κ2) is 7.04. The maximum Gasteiger partial charge on any atom is 0.239 e. The van der Waals surface area contributed by atoms with E-state index in [4.69, 9.17) is 5.84 Å². The van der Waals surface area contributed by atoms with E-state index < -0.39 is 0 Å². The Morgan fingerprint density at radius 3 is 2.30 bits per heavy atom. The zero-order valence-corrected chi connectivity index (χ0v) is 12.7. The van der Waals surface area contributed by atoms with Crippen LogP contribution in [0.1, 0.15) is 45.0 Å². The van der Waals surface area contributed by atoms with Crippen molar-refractivity contribution in [1.29, 1.82) is 0 Å². The van der Waals surface area contributed by atoms with E-state index in [1.165, 1.54) is 0 Å². The number of hydrogen-bond donors (Lipinski definition) is 4.